The van der Waals surface area contributed by atoms with Crippen LogP contribution in [0.25, 0.3) is 5.32 Å². The molecule has 2 heterocycles. The van der Waals surface area contributed by atoms with E-state index in [1.54, 1.807) is 0 Å². The van der Waals surface area contributed by atoms with E-state index in [0.717, 1.165) is 33.0 Å². The van der Waals surface area contributed by atoms with Crippen molar-refractivity contribution in [1.82, 2.24) is 4.90 Å². The summed E-state index contributed by atoms with van der Waals surface area (Å²) in [7, 11) is 0. The fourth-order valence-electron chi connectivity index (χ4n) is 1.37. The zero-order valence-electron chi connectivity index (χ0n) is 6.42. The van der Waals surface area contributed by atoms with E-state index in [1.807, 2.05) is 0 Å². The number of fused-ring (bicyclic) bond motifs is 1. The summed E-state index contributed by atoms with van der Waals surface area (Å²) in [6, 6.07) is 0.610. The van der Waals surface area contributed by atoms with E-state index in [4.69, 9.17) is 4.74 Å². The summed E-state index contributed by atoms with van der Waals surface area (Å²) in [5.74, 6) is 0. The molecular formula is C6H11KN2O. The molecule has 2 fully saturated rings. The van der Waals surface area contributed by atoms with Gasteiger partial charge in [0, 0.05) is 6.04 Å². The van der Waals surface area contributed by atoms with Crippen molar-refractivity contribution in [3.05, 3.63) is 5.32 Å². The Morgan fingerprint density at radius 2 is 2.40 bits per heavy atom. The number of hydrogen-bond acceptors (Lipinski definition) is 2. The molecule has 0 aromatic rings. The smallest absolute Gasteiger partial charge is 0.660 e. The second-order valence-corrected chi connectivity index (χ2v) is 2.60. The quantitative estimate of drug-likeness (QED) is 0.359. The van der Waals surface area contributed by atoms with Crippen LogP contribution in [0.1, 0.15) is 0 Å². The number of rotatable bonds is 0. The fraction of sp³-hybridized carbons (Fsp3) is 1.00. The average molecular weight is 166 g/mol. The molecule has 0 spiro atoms. The van der Waals surface area contributed by atoms with E-state index in [2.05, 4.69) is 10.2 Å². The van der Waals surface area contributed by atoms with Crippen LogP contribution in [0.5, 0.6) is 0 Å². The number of nitrogens with zero attached hydrogens (tertiary/aromatic N) is 2. The molecule has 2 saturated heterocycles. The first-order chi connectivity index (χ1) is 4.47. The minimum absolute atomic E-state index is 0. The van der Waals surface area contributed by atoms with Crippen LogP contribution in [0.3, 0.4) is 0 Å². The van der Waals surface area contributed by atoms with Crippen molar-refractivity contribution >= 4 is 0 Å². The Morgan fingerprint density at radius 1 is 1.50 bits per heavy atom. The molecule has 0 saturated carbocycles. The van der Waals surface area contributed by atoms with Crippen LogP contribution < -0.4 is 51.4 Å². The molecule has 2 aliphatic heterocycles. The van der Waals surface area contributed by atoms with Crippen molar-refractivity contribution in [2.45, 2.75) is 6.04 Å². The molecule has 2 aliphatic rings. The Morgan fingerprint density at radius 3 is 3.20 bits per heavy atom. The van der Waals surface area contributed by atoms with Gasteiger partial charge >= 0.3 is 51.4 Å². The fourth-order valence-corrected chi connectivity index (χ4v) is 1.37. The Labute approximate surface area is 104 Å². The maximum atomic E-state index is 5.26. The third kappa shape index (κ3) is 2.01. The molecule has 4 heteroatoms. The van der Waals surface area contributed by atoms with E-state index < -0.39 is 0 Å². The predicted molar refractivity (Wildman–Crippen MR) is 34.4 cm³/mol. The van der Waals surface area contributed by atoms with Crippen LogP contribution >= 0.6 is 0 Å². The van der Waals surface area contributed by atoms with Crippen molar-refractivity contribution in [2.75, 3.05) is 33.0 Å². The zero-order valence-corrected chi connectivity index (χ0v) is 9.54. The molecule has 0 aromatic carbocycles. The van der Waals surface area contributed by atoms with Gasteiger partial charge in [0.2, 0.25) is 0 Å². The van der Waals surface area contributed by atoms with Gasteiger partial charge in [-0.2, -0.15) is 0 Å². The van der Waals surface area contributed by atoms with Crippen LogP contribution in [0.15, 0.2) is 0 Å². The Bertz CT molecular complexity index is 99.9. The number of piperazine rings is 1. The van der Waals surface area contributed by atoms with Gasteiger partial charge in [-0.25, -0.2) is 0 Å². The van der Waals surface area contributed by atoms with Crippen molar-refractivity contribution in [1.29, 1.82) is 0 Å². The van der Waals surface area contributed by atoms with E-state index in [-0.39, 0.29) is 51.4 Å². The third-order valence-corrected chi connectivity index (χ3v) is 1.97. The molecule has 0 amide bonds. The van der Waals surface area contributed by atoms with Gasteiger partial charge in [0.05, 0.1) is 13.3 Å². The minimum Gasteiger partial charge on any atom is -0.660 e. The largest absolute Gasteiger partial charge is 1.00 e. The van der Waals surface area contributed by atoms with Gasteiger partial charge < -0.3 is 10.1 Å². The Hall–Kier alpha value is 1.52. The maximum Gasteiger partial charge on any atom is 1.00 e. The second kappa shape index (κ2) is 4.52. The SMILES string of the molecule is C1CN2COCC2C[N-]1.[K+]. The first-order valence-electron chi connectivity index (χ1n) is 3.42. The van der Waals surface area contributed by atoms with Gasteiger partial charge in [0.15, 0.2) is 0 Å². The Balaban J connectivity index is 0.000000500. The van der Waals surface area contributed by atoms with Crippen LogP contribution in [0, 0.1) is 0 Å². The van der Waals surface area contributed by atoms with E-state index in [9.17, 15) is 0 Å². The Kier molecular flexibility index (Phi) is 4.34. The van der Waals surface area contributed by atoms with Crippen LogP contribution in [0.2, 0.25) is 0 Å². The van der Waals surface area contributed by atoms with E-state index in [0.29, 0.717) is 6.04 Å². The van der Waals surface area contributed by atoms with Crippen molar-refractivity contribution < 1.29 is 56.1 Å². The summed E-state index contributed by atoms with van der Waals surface area (Å²) in [6.07, 6.45) is 0. The summed E-state index contributed by atoms with van der Waals surface area (Å²) >= 11 is 0. The zero-order chi connectivity index (χ0) is 6.10. The van der Waals surface area contributed by atoms with Crippen LogP contribution in [0.4, 0.5) is 0 Å². The summed E-state index contributed by atoms with van der Waals surface area (Å²) in [5, 5.41) is 4.30. The van der Waals surface area contributed by atoms with E-state index >= 15 is 0 Å². The first-order valence-corrected chi connectivity index (χ1v) is 3.42. The molecule has 52 valence electrons. The topological polar surface area (TPSA) is 26.6 Å². The molecule has 2 rings (SSSR count). The predicted octanol–water partition coefficient (Wildman–Crippen LogP) is -2.96. The summed E-state index contributed by atoms with van der Waals surface area (Å²) in [5.41, 5.74) is 0. The third-order valence-electron chi connectivity index (χ3n) is 1.97. The number of hydrogen-bond donors (Lipinski definition) is 0. The summed E-state index contributed by atoms with van der Waals surface area (Å²) in [4.78, 5) is 2.35. The molecular weight excluding hydrogens is 155 g/mol. The molecule has 10 heavy (non-hydrogen) atoms. The van der Waals surface area contributed by atoms with Crippen molar-refractivity contribution in [3.8, 4) is 0 Å². The minimum atomic E-state index is 0. The van der Waals surface area contributed by atoms with Gasteiger partial charge in [0.1, 0.15) is 0 Å². The second-order valence-electron chi connectivity index (χ2n) is 2.60. The van der Waals surface area contributed by atoms with Crippen molar-refractivity contribution in [3.63, 3.8) is 0 Å². The van der Waals surface area contributed by atoms with Gasteiger partial charge in [-0.05, 0) is 6.54 Å². The molecule has 1 atom stereocenters. The molecule has 0 aromatic heterocycles. The maximum absolute atomic E-state index is 5.26. The summed E-state index contributed by atoms with van der Waals surface area (Å²) in [6.45, 7) is 4.81. The molecule has 3 nitrogen and oxygen atoms in total. The molecule has 0 aliphatic carbocycles. The molecule has 0 bridgehead atoms. The van der Waals surface area contributed by atoms with Crippen molar-refractivity contribution in [2.24, 2.45) is 0 Å². The van der Waals surface area contributed by atoms with Gasteiger partial charge in [0.25, 0.3) is 0 Å². The average Bonchev–Trinajstić information content (AvgIpc) is 2.33. The summed E-state index contributed by atoms with van der Waals surface area (Å²) < 4.78 is 5.26. The molecule has 0 radical (unpaired) electrons. The normalized spacial score (nSPS) is 33.0. The van der Waals surface area contributed by atoms with Crippen LogP contribution in [-0.4, -0.2) is 43.9 Å². The molecule has 0 N–H and O–H groups in total. The van der Waals surface area contributed by atoms with Gasteiger partial charge in [-0.1, -0.05) is 0 Å². The number of ether oxygens (including phenoxy) is 1. The molecule has 1 unspecified atom stereocenters. The van der Waals surface area contributed by atoms with Gasteiger partial charge in [-0.15, -0.1) is 13.1 Å². The van der Waals surface area contributed by atoms with E-state index in [1.165, 1.54) is 0 Å². The monoisotopic (exact) mass is 166 g/mol. The van der Waals surface area contributed by atoms with Crippen LogP contribution in [-0.2, 0) is 4.74 Å². The van der Waals surface area contributed by atoms with Gasteiger partial charge in [-0.3, -0.25) is 4.90 Å². The standard InChI is InChI=1S/C6H11N2O.K/c1-2-8-5-9-4-6(8)3-7-1;/h6H,1-5H2;/q-1;+1. The first kappa shape index (κ1) is 9.60.